The number of nitrogens with zero attached hydrogens (tertiary/aromatic N) is 2. The van der Waals surface area contributed by atoms with Crippen LogP contribution in [0, 0.1) is 0 Å². The monoisotopic (exact) mass is 359 g/mol. The highest BCUT2D eigenvalue weighted by atomic mass is 32.2. The number of nitrogens with one attached hydrogen (secondary N) is 1. The molecule has 8 nitrogen and oxygen atoms in total. The molecule has 0 bridgehead atoms. The van der Waals surface area contributed by atoms with Gasteiger partial charge in [-0.25, -0.2) is 8.42 Å². The van der Waals surface area contributed by atoms with Gasteiger partial charge < -0.3 is 9.63 Å². The molecule has 2 N–H and O–H groups in total. The van der Waals surface area contributed by atoms with Gasteiger partial charge in [-0.05, 0) is 24.3 Å². The summed E-state index contributed by atoms with van der Waals surface area (Å²) < 4.78 is 31.1. The number of hydrogen-bond donors (Lipinski definition) is 2. The Morgan fingerprint density at radius 2 is 1.72 bits per heavy atom. The van der Waals surface area contributed by atoms with Gasteiger partial charge in [0.05, 0.1) is 4.90 Å². The van der Waals surface area contributed by atoms with Crippen molar-refractivity contribution in [3.8, 4) is 22.8 Å². The average molecular weight is 359 g/mol. The number of carboxylic acids is 1. The van der Waals surface area contributed by atoms with Crippen molar-refractivity contribution in [3.05, 3.63) is 54.6 Å². The van der Waals surface area contributed by atoms with Crippen LogP contribution in [0.1, 0.15) is 0 Å². The molecule has 0 saturated carbocycles. The quantitative estimate of drug-likeness (QED) is 0.687. The van der Waals surface area contributed by atoms with E-state index < -0.39 is 22.5 Å². The Balaban J connectivity index is 1.81. The smallest absolute Gasteiger partial charge is 0.318 e. The Labute approximate surface area is 143 Å². The first-order valence-corrected chi connectivity index (χ1v) is 8.65. The molecule has 0 amide bonds. The summed E-state index contributed by atoms with van der Waals surface area (Å²) in [7, 11) is -3.89. The van der Waals surface area contributed by atoms with Gasteiger partial charge in [-0.3, -0.25) is 4.79 Å². The van der Waals surface area contributed by atoms with Crippen molar-refractivity contribution in [3.63, 3.8) is 0 Å². The summed E-state index contributed by atoms with van der Waals surface area (Å²) in [5.74, 6) is -0.587. The summed E-state index contributed by atoms with van der Waals surface area (Å²) in [6.45, 7) is -0.686. The number of hydrogen-bond acceptors (Lipinski definition) is 6. The molecule has 0 aliphatic rings. The Kier molecular flexibility index (Phi) is 4.59. The third-order valence-electron chi connectivity index (χ3n) is 3.28. The second-order valence-electron chi connectivity index (χ2n) is 5.03. The zero-order valence-electron chi connectivity index (χ0n) is 12.8. The van der Waals surface area contributed by atoms with Crippen molar-refractivity contribution in [2.24, 2.45) is 0 Å². The van der Waals surface area contributed by atoms with E-state index in [2.05, 4.69) is 10.1 Å². The maximum atomic E-state index is 11.9. The van der Waals surface area contributed by atoms with Gasteiger partial charge in [-0.1, -0.05) is 35.5 Å². The fraction of sp³-hybridized carbons (Fsp3) is 0.0625. The maximum Gasteiger partial charge on any atom is 0.318 e. The van der Waals surface area contributed by atoms with Crippen molar-refractivity contribution < 1.29 is 22.8 Å². The zero-order chi connectivity index (χ0) is 17.9. The lowest BCUT2D eigenvalue weighted by molar-refractivity contribution is -0.135. The SMILES string of the molecule is O=C(O)CNS(=O)(=O)c1ccc(-c2nc(-c3ccccc3)no2)cc1. The van der Waals surface area contributed by atoms with E-state index in [1.54, 1.807) is 0 Å². The predicted molar refractivity (Wildman–Crippen MR) is 88.0 cm³/mol. The van der Waals surface area contributed by atoms with Crippen LogP contribution in [0.4, 0.5) is 0 Å². The first-order valence-electron chi connectivity index (χ1n) is 7.17. The molecule has 128 valence electrons. The summed E-state index contributed by atoms with van der Waals surface area (Å²) >= 11 is 0. The molecule has 1 heterocycles. The van der Waals surface area contributed by atoms with Gasteiger partial charge in [0, 0.05) is 11.1 Å². The number of sulfonamides is 1. The number of aliphatic carboxylic acids is 1. The van der Waals surface area contributed by atoms with E-state index in [1.807, 2.05) is 35.1 Å². The minimum absolute atomic E-state index is 0.0553. The van der Waals surface area contributed by atoms with Gasteiger partial charge in [-0.2, -0.15) is 9.71 Å². The Bertz CT molecular complexity index is 982. The van der Waals surface area contributed by atoms with Gasteiger partial charge in [0.2, 0.25) is 15.8 Å². The molecule has 0 aliphatic heterocycles. The third-order valence-corrected chi connectivity index (χ3v) is 4.70. The summed E-state index contributed by atoms with van der Waals surface area (Å²) in [4.78, 5) is 14.7. The summed E-state index contributed by atoms with van der Waals surface area (Å²) in [5, 5.41) is 12.5. The van der Waals surface area contributed by atoms with Gasteiger partial charge in [0.15, 0.2) is 0 Å². The minimum atomic E-state index is -3.89. The minimum Gasteiger partial charge on any atom is -0.480 e. The highest BCUT2D eigenvalue weighted by Gasteiger charge is 2.16. The van der Waals surface area contributed by atoms with Crippen molar-refractivity contribution in [2.75, 3.05) is 6.54 Å². The largest absolute Gasteiger partial charge is 0.480 e. The van der Waals surface area contributed by atoms with Crippen LogP contribution < -0.4 is 4.72 Å². The maximum absolute atomic E-state index is 11.9. The van der Waals surface area contributed by atoms with Crippen molar-refractivity contribution >= 4 is 16.0 Å². The van der Waals surface area contributed by atoms with Crippen LogP contribution in [0.15, 0.2) is 64.0 Å². The lowest BCUT2D eigenvalue weighted by atomic mass is 10.2. The van der Waals surface area contributed by atoms with Gasteiger partial charge >= 0.3 is 5.97 Å². The summed E-state index contributed by atoms with van der Waals surface area (Å²) in [6.07, 6.45) is 0. The molecule has 2 aromatic carbocycles. The number of aromatic nitrogens is 2. The van der Waals surface area contributed by atoms with Crippen molar-refractivity contribution in [1.82, 2.24) is 14.9 Å². The number of benzene rings is 2. The summed E-state index contributed by atoms with van der Waals surface area (Å²) in [5.41, 5.74) is 1.35. The second kappa shape index (κ2) is 6.83. The van der Waals surface area contributed by atoms with Crippen molar-refractivity contribution in [2.45, 2.75) is 4.90 Å². The molecule has 0 fully saturated rings. The molecule has 0 unspecified atom stereocenters. The molecule has 0 spiro atoms. The van der Waals surface area contributed by atoms with E-state index in [0.717, 1.165) is 5.56 Å². The Hall–Kier alpha value is -3.04. The molecule has 3 aromatic rings. The third kappa shape index (κ3) is 3.90. The normalized spacial score (nSPS) is 11.4. The Morgan fingerprint density at radius 1 is 1.04 bits per heavy atom. The van der Waals surface area contributed by atoms with Crippen LogP contribution in [-0.2, 0) is 14.8 Å². The van der Waals surface area contributed by atoms with E-state index in [1.165, 1.54) is 24.3 Å². The molecule has 1 aromatic heterocycles. The van der Waals surface area contributed by atoms with E-state index in [0.29, 0.717) is 11.4 Å². The molecular weight excluding hydrogens is 346 g/mol. The van der Waals surface area contributed by atoms with Crippen LogP contribution in [0.25, 0.3) is 22.8 Å². The van der Waals surface area contributed by atoms with E-state index >= 15 is 0 Å². The molecule has 0 radical (unpaired) electrons. The second-order valence-corrected chi connectivity index (χ2v) is 6.80. The van der Waals surface area contributed by atoms with Gasteiger partial charge in [-0.15, -0.1) is 0 Å². The highest BCUT2D eigenvalue weighted by molar-refractivity contribution is 7.89. The lowest BCUT2D eigenvalue weighted by Gasteiger charge is -2.04. The van der Waals surface area contributed by atoms with Crippen LogP contribution in [0.2, 0.25) is 0 Å². The molecule has 0 aliphatic carbocycles. The molecule has 25 heavy (non-hydrogen) atoms. The molecule has 0 atom stereocenters. The average Bonchev–Trinajstić information content (AvgIpc) is 3.11. The Morgan fingerprint density at radius 3 is 2.36 bits per heavy atom. The number of rotatable bonds is 6. The first-order chi connectivity index (χ1) is 12.0. The molecular formula is C16H13N3O5S. The summed E-state index contributed by atoms with van der Waals surface area (Å²) in [6, 6.07) is 15.0. The van der Waals surface area contributed by atoms with Crippen LogP contribution in [0.3, 0.4) is 0 Å². The predicted octanol–water partition coefficient (Wildman–Crippen LogP) is 1.77. The zero-order valence-corrected chi connectivity index (χ0v) is 13.6. The van der Waals surface area contributed by atoms with Gasteiger partial charge in [0.1, 0.15) is 6.54 Å². The van der Waals surface area contributed by atoms with E-state index in [9.17, 15) is 13.2 Å². The molecule has 0 saturated heterocycles. The fourth-order valence-electron chi connectivity index (χ4n) is 2.06. The molecule has 9 heteroatoms. The van der Waals surface area contributed by atoms with E-state index in [4.69, 9.17) is 9.63 Å². The fourth-order valence-corrected chi connectivity index (χ4v) is 3.04. The highest BCUT2D eigenvalue weighted by Crippen LogP contribution is 2.23. The topological polar surface area (TPSA) is 122 Å². The van der Waals surface area contributed by atoms with Crippen LogP contribution in [0.5, 0.6) is 0 Å². The van der Waals surface area contributed by atoms with Gasteiger partial charge in [0.25, 0.3) is 5.89 Å². The van der Waals surface area contributed by atoms with Crippen LogP contribution in [-0.4, -0.2) is 36.2 Å². The number of carboxylic acid groups (broad SMARTS) is 1. The lowest BCUT2D eigenvalue weighted by Crippen LogP contribution is -2.29. The van der Waals surface area contributed by atoms with Crippen molar-refractivity contribution in [1.29, 1.82) is 0 Å². The molecule has 3 rings (SSSR count). The first kappa shape index (κ1) is 16.8. The van der Waals surface area contributed by atoms with E-state index in [-0.39, 0.29) is 10.8 Å². The van der Waals surface area contributed by atoms with Crippen LogP contribution >= 0.6 is 0 Å². The standard InChI is InChI=1S/C16H13N3O5S/c20-14(21)10-17-25(22,23)13-8-6-12(7-9-13)16-18-15(19-24-16)11-4-2-1-3-5-11/h1-9,17H,10H2,(H,20,21). The number of carbonyl (C=O) groups is 1.